The van der Waals surface area contributed by atoms with E-state index in [1.165, 1.54) is 19.1 Å². The Morgan fingerprint density at radius 1 is 1.14 bits per heavy atom. The number of rotatable bonds is 3. The van der Waals surface area contributed by atoms with Gasteiger partial charge in [-0.1, -0.05) is 12.8 Å². The minimum absolute atomic E-state index is 0.134. The molecule has 1 N–H and O–H groups in total. The summed E-state index contributed by atoms with van der Waals surface area (Å²) in [4.78, 5) is 26.2. The van der Waals surface area contributed by atoms with Gasteiger partial charge < -0.3 is 14.6 Å². The Hall–Kier alpha value is -1.78. The van der Waals surface area contributed by atoms with Crippen LogP contribution in [0.1, 0.15) is 49.1 Å². The number of nitrogens with zero attached hydrogens (tertiary/aromatic N) is 1. The van der Waals surface area contributed by atoms with Crippen molar-refractivity contribution in [1.29, 1.82) is 0 Å². The van der Waals surface area contributed by atoms with Crippen molar-refractivity contribution < 1.29 is 14.0 Å². The van der Waals surface area contributed by atoms with Gasteiger partial charge in [0.15, 0.2) is 5.76 Å². The molecule has 2 fully saturated rings. The molecule has 21 heavy (non-hydrogen) atoms. The molecule has 114 valence electrons. The zero-order valence-corrected chi connectivity index (χ0v) is 12.2. The Morgan fingerprint density at radius 3 is 2.48 bits per heavy atom. The Bertz CT molecular complexity index is 484. The molecule has 1 aliphatic carbocycles. The third-order valence-electron chi connectivity index (χ3n) is 4.59. The van der Waals surface area contributed by atoms with Gasteiger partial charge in [-0.25, -0.2) is 0 Å². The van der Waals surface area contributed by atoms with E-state index >= 15 is 0 Å². The van der Waals surface area contributed by atoms with Crippen molar-refractivity contribution in [2.75, 3.05) is 13.1 Å². The molecule has 0 spiro atoms. The summed E-state index contributed by atoms with van der Waals surface area (Å²) in [6.07, 6.45) is 7.62. The summed E-state index contributed by atoms with van der Waals surface area (Å²) >= 11 is 0. The first-order valence-electron chi connectivity index (χ1n) is 7.87. The van der Waals surface area contributed by atoms with Crippen LogP contribution in [0.25, 0.3) is 0 Å². The fourth-order valence-corrected chi connectivity index (χ4v) is 3.34. The highest BCUT2D eigenvalue weighted by Crippen LogP contribution is 2.27. The second-order valence-electron chi connectivity index (χ2n) is 6.03. The van der Waals surface area contributed by atoms with Crippen molar-refractivity contribution in [2.24, 2.45) is 5.92 Å². The zero-order chi connectivity index (χ0) is 14.7. The van der Waals surface area contributed by atoms with Gasteiger partial charge in [-0.2, -0.15) is 0 Å². The lowest BCUT2D eigenvalue weighted by Crippen LogP contribution is -2.47. The predicted molar refractivity (Wildman–Crippen MR) is 77.7 cm³/mol. The molecular formula is C16H22N2O3. The molecule has 1 saturated carbocycles. The van der Waals surface area contributed by atoms with Crippen LogP contribution in [-0.2, 0) is 4.79 Å². The first-order chi connectivity index (χ1) is 10.2. The van der Waals surface area contributed by atoms with Crippen molar-refractivity contribution in [1.82, 2.24) is 10.2 Å². The van der Waals surface area contributed by atoms with Crippen molar-refractivity contribution >= 4 is 11.8 Å². The number of amides is 2. The van der Waals surface area contributed by atoms with Crippen molar-refractivity contribution in [2.45, 2.75) is 44.6 Å². The van der Waals surface area contributed by atoms with E-state index in [1.54, 1.807) is 12.1 Å². The topological polar surface area (TPSA) is 62.6 Å². The fraction of sp³-hybridized carbons (Fsp3) is 0.625. The molecule has 0 aromatic carbocycles. The lowest BCUT2D eigenvalue weighted by Gasteiger charge is -2.33. The Kier molecular flexibility index (Phi) is 4.27. The highest BCUT2D eigenvalue weighted by molar-refractivity contribution is 5.91. The van der Waals surface area contributed by atoms with E-state index in [1.807, 2.05) is 4.90 Å². The van der Waals surface area contributed by atoms with Crippen LogP contribution in [0.4, 0.5) is 0 Å². The fourth-order valence-electron chi connectivity index (χ4n) is 3.34. The number of furan rings is 1. The molecule has 0 bridgehead atoms. The van der Waals surface area contributed by atoms with E-state index in [9.17, 15) is 9.59 Å². The SMILES string of the molecule is O=C(NC1CCN(C(=O)C2CCCC2)CC1)c1ccco1. The maximum absolute atomic E-state index is 12.3. The molecule has 3 rings (SSSR count). The number of likely N-dealkylation sites (tertiary alicyclic amines) is 1. The van der Waals surface area contributed by atoms with Gasteiger partial charge in [0.25, 0.3) is 5.91 Å². The van der Waals surface area contributed by atoms with Crippen LogP contribution >= 0.6 is 0 Å². The van der Waals surface area contributed by atoms with Gasteiger partial charge in [0.05, 0.1) is 6.26 Å². The van der Waals surface area contributed by atoms with E-state index < -0.39 is 0 Å². The average Bonchev–Trinajstić information content (AvgIpc) is 3.20. The smallest absolute Gasteiger partial charge is 0.287 e. The quantitative estimate of drug-likeness (QED) is 0.928. The number of carbonyl (C=O) groups is 2. The Labute approximate surface area is 124 Å². The van der Waals surface area contributed by atoms with E-state index in [4.69, 9.17) is 4.42 Å². The number of nitrogens with one attached hydrogen (secondary N) is 1. The number of piperidine rings is 1. The van der Waals surface area contributed by atoms with Gasteiger partial charge in [-0.3, -0.25) is 9.59 Å². The highest BCUT2D eigenvalue weighted by atomic mass is 16.3. The second kappa shape index (κ2) is 6.33. The first kappa shape index (κ1) is 14.2. The van der Waals surface area contributed by atoms with Crippen molar-refractivity contribution in [3.8, 4) is 0 Å². The Balaban J connectivity index is 1.46. The normalized spacial score (nSPS) is 20.7. The third-order valence-corrected chi connectivity index (χ3v) is 4.59. The largest absolute Gasteiger partial charge is 0.459 e. The van der Waals surface area contributed by atoms with Crippen LogP contribution in [0.2, 0.25) is 0 Å². The van der Waals surface area contributed by atoms with Crippen LogP contribution in [0.3, 0.4) is 0 Å². The summed E-state index contributed by atoms with van der Waals surface area (Å²) in [5.74, 6) is 0.752. The summed E-state index contributed by atoms with van der Waals surface area (Å²) < 4.78 is 5.09. The molecule has 2 amide bonds. The molecule has 1 saturated heterocycles. The molecule has 5 nitrogen and oxygen atoms in total. The van der Waals surface area contributed by atoms with Gasteiger partial charge in [0.2, 0.25) is 5.91 Å². The zero-order valence-electron chi connectivity index (χ0n) is 12.2. The van der Waals surface area contributed by atoms with Crippen LogP contribution in [0.5, 0.6) is 0 Å². The lowest BCUT2D eigenvalue weighted by molar-refractivity contribution is -0.136. The minimum atomic E-state index is -0.166. The van der Waals surface area contributed by atoms with Crippen LogP contribution in [0, 0.1) is 5.92 Å². The average molecular weight is 290 g/mol. The van der Waals surface area contributed by atoms with Crippen molar-refractivity contribution in [3.05, 3.63) is 24.2 Å². The molecule has 0 unspecified atom stereocenters. The summed E-state index contributed by atoms with van der Waals surface area (Å²) in [6.45, 7) is 1.50. The van der Waals surface area contributed by atoms with Crippen LogP contribution < -0.4 is 5.32 Å². The molecule has 1 aliphatic heterocycles. The summed E-state index contributed by atoms with van der Waals surface area (Å²) in [5, 5.41) is 2.98. The first-order valence-corrected chi connectivity index (χ1v) is 7.87. The van der Waals surface area contributed by atoms with Gasteiger partial charge >= 0.3 is 0 Å². The van der Waals surface area contributed by atoms with E-state index in [2.05, 4.69) is 5.32 Å². The summed E-state index contributed by atoms with van der Waals surface area (Å²) in [6, 6.07) is 3.50. The van der Waals surface area contributed by atoms with Gasteiger partial charge in [0.1, 0.15) is 0 Å². The van der Waals surface area contributed by atoms with Gasteiger partial charge in [-0.15, -0.1) is 0 Å². The molecule has 1 aromatic rings. The van der Waals surface area contributed by atoms with Gasteiger partial charge in [0, 0.05) is 25.0 Å². The molecular weight excluding hydrogens is 268 g/mol. The molecule has 0 radical (unpaired) electrons. The lowest BCUT2D eigenvalue weighted by atomic mass is 10.0. The summed E-state index contributed by atoms with van der Waals surface area (Å²) in [5.41, 5.74) is 0. The van der Waals surface area contributed by atoms with Gasteiger partial charge in [-0.05, 0) is 37.8 Å². The number of hydrogen-bond acceptors (Lipinski definition) is 3. The standard InChI is InChI=1S/C16H22N2O3/c19-15(14-6-3-11-21-14)17-13-7-9-18(10-8-13)16(20)12-4-1-2-5-12/h3,6,11-13H,1-2,4-5,7-10H2,(H,17,19). The molecule has 5 heteroatoms. The molecule has 2 heterocycles. The van der Waals surface area contributed by atoms with E-state index in [-0.39, 0.29) is 17.9 Å². The highest BCUT2D eigenvalue weighted by Gasteiger charge is 2.30. The molecule has 2 aliphatic rings. The maximum Gasteiger partial charge on any atom is 0.287 e. The summed E-state index contributed by atoms with van der Waals surface area (Å²) in [7, 11) is 0. The van der Waals surface area contributed by atoms with E-state index in [0.29, 0.717) is 11.7 Å². The predicted octanol–water partition coefficient (Wildman–Crippen LogP) is 2.19. The number of hydrogen-bond donors (Lipinski definition) is 1. The maximum atomic E-state index is 12.3. The van der Waals surface area contributed by atoms with Crippen LogP contribution in [-0.4, -0.2) is 35.8 Å². The number of carbonyl (C=O) groups excluding carboxylic acids is 2. The van der Waals surface area contributed by atoms with E-state index in [0.717, 1.165) is 38.8 Å². The molecule has 0 atom stereocenters. The Morgan fingerprint density at radius 2 is 1.86 bits per heavy atom. The van der Waals surface area contributed by atoms with Crippen molar-refractivity contribution in [3.63, 3.8) is 0 Å². The second-order valence-corrected chi connectivity index (χ2v) is 6.03. The minimum Gasteiger partial charge on any atom is -0.459 e. The van der Waals surface area contributed by atoms with Crippen LogP contribution in [0.15, 0.2) is 22.8 Å². The molecule has 1 aromatic heterocycles. The monoisotopic (exact) mass is 290 g/mol. The third kappa shape index (κ3) is 3.28.